The first-order chi connectivity index (χ1) is 20.0. The van der Waals surface area contributed by atoms with Crippen LogP contribution in [0.25, 0.3) is 55.6 Å². The fourth-order valence-electron chi connectivity index (χ4n) is 5.02. The lowest BCUT2D eigenvalue weighted by Crippen LogP contribution is -2.11. The summed E-state index contributed by atoms with van der Waals surface area (Å²) in [6.45, 7) is 1.87. The van der Waals surface area contributed by atoms with E-state index in [9.17, 15) is 9.18 Å². The molecule has 5 aromatic heterocycles. The summed E-state index contributed by atoms with van der Waals surface area (Å²) in [5.41, 5.74) is 8.05. The molecule has 0 unspecified atom stereocenters. The van der Waals surface area contributed by atoms with Crippen LogP contribution >= 0.6 is 0 Å². The zero-order valence-electron chi connectivity index (χ0n) is 21.8. The molecule has 0 atom stereocenters. The molecule has 0 aliphatic carbocycles. The van der Waals surface area contributed by atoms with Crippen molar-refractivity contribution in [1.82, 2.24) is 30.1 Å². The largest absolute Gasteiger partial charge is 0.352 e. The fraction of sp³-hybridized carbons (Fsp3) is 0.0312. The Morgan fingerprint density at radius 3 is 2.54 bits per heavy atom. The molecule has 0 bridgehead atoms. The average Bonchev–Trinajstić information content (AvgIpc) is 3.61. The molecule has 2 aromatic carbocycles. The maximum absolute atomic E-state index is 14.2. The third-order valence-corrected chi connectivity index (χ3v) is 6.93. The quantitative estimate of drug-likeness (QED) is 0.220. The van der Waals surface area contributed by atoms with E-state index < -0.39 is 0 Å². The van der Waals surface area contributed by atoms with Crippen molar-refractivity contribution >= 4 is 33.4 Å². The molecular formula is C32H22FN7O. The van der Waals surface area contributed by atoms with Gasteiger partial charge in [-0.05, 0) is 60.5 Å². The molecule has 9 heteroatoms. The van der Waals surface area contributed by atoms with Gasteiger partial charge < -0.3 is 10.3 Å². The molecule has 41 heavy (non-hydrogen) atoms. The van der Waals surface area contributed by atoms with Crippen LogP contribution in [0.1, 0.15) is 15.9 Å². The van der Waals surface area contributed by atoms with Crippen LogP contribution in [0.3, 0.4) is 0 Å². The smallest absolute Gasteiger partial charge is 0.255 e. The number of carbonyl (C=O) groups is 1. The van der Waals surface area contributed by atoms with E-state index in [1.165, 1.54) is 12.1 Å². The number of anilines is 1. The van der Waals surface area contributed by atoms with Crippen LogP contribution < -0.4 is 5.32 Å². The molecule has 0 saturated heterocycles. The fourth-order valence-corrected chi connectivity index (χ4v) is 5.02. The summed E-state index contributed by atoms with van der Waals surface area (Å²) in [4.78, 5) is 29.3. The van der Waals surface area contributed by atoms with E-state index in [-0.39, 0.29) is 11.7 Å². The van der Waals surface area contributed by atoms with Crippen molar-refractivity contribution in [3.8, 4) is 33.8 Å². The number of carbonyl (C=O) groups excluding carboxylic acids is 1. The molecule has 0 aliphatic heterocycles. The monoisotopic (exact) mass is 539 g/mol. The number of H-pyrrole nitrogens is 2. The first-order valence-electron chi connectivity index (χ1n) is 12.9. The lowest BCUT2D eigenvalue weighted by molar-refractivity contribution is 0.102. The summed E-state index contributed by atoms with van der Waals surface area (Å²) in [7, 11) is 0. The van der Waals surface area contributed by atoms with Crippen LogP contribution in [-0.4, -0.2) is 36.0 Å². The van der Waals surface area contributed by atoms with Crippen molar-refractivity contribution < 1.29 is 9.18 Å². The number of amides is 1. The summed E-state index contributed by atoms with van der Waals surface area (Å²) in [5.74, 6) is -0.504. The second kappa shape index (κ2) is 9.80. The minimum Gasteiger partial charge on any atom is -0.352 e. The highest BCUT2D eigenvalue weighted by atomic mass is 19.1. The van der Waals surface area contributed by atoms with Crippen molar-refractivity contribution in [2.24, 2.45) is 0 Å². The highest BCUT2D eigenvalue weighted by Crippen LogP contribution is 2.35. The van der Waals surface area contributed by atoms with Gasteiger partial charge in [0.15, 0.2) is 0 Å². The Balaban J connectivity index is 1.25. The van der Waals surface area contributed by atoms with Crippen molar-refractivity contribution in [2.45, 2.75) is 6.92 Å². The molecule has 8 nitrogen and oxygen atoms in total. The predicted molar refractivity (Wildman–Crippen MR) is 157 cm³/mol. The lowest BCUT2D eigenvalue weighted by Gasteiger charge is -2.07. The van der Waals surface area contributed by atoms with Crippen LogP contribution in [0.15, 0.2) is 97.7 Å². The van der Waals surface area contributed by atoms with Crippen molar-refractivity contribution in [1.29, 1.82) is 0 Å². The number of hydrogen-bond donors (Lipinski definition) is 3. The van der Waals surface area contributed by atoms with E-state index in [0.29, 0.717) is 22.6 Å². The van der Waals surface area contributed by atoms with Crippen LogP contribution in [-0.2, 0) is 0 Å². The van der Waals surface area contributed by atoms with E-state index in [0.717, 1.165) is 49.8 Å². The Bertz CT molecular complexity index is 2060. The predicted octanol–water partition coefficient (Wildman–Crippen LogP) is 6.93. The van der Waals surface area contributed by atoms with Gasteiger partial charge in [-0.1, -0.05) is 24.3 Å². The molecule has 0 spiro atoms. The SMILES string of the molecule is Cc1cc(F)cc(-c2cncc3[nH]c(-c4n[nH]c5cnc(-c6cncc(NC(=O)c7ccccc7)c6)cc45)cc23)c1. The number of halogens is 1. The van der Waals surface area contributed by atoms with Gasteiger partial charge in [0, 0.05) is 39.9 Å². The lowest BCUT2D eigenvalue weighted by atomic mass is 10.0. The summed E-state index contributed by atoms with van der Waals surface area (Å²) in [6.07, 6.45) is 8.52. The van der Waals surface area contributed by atoms with Gasteiger partial charge in [-0.2, -0.15) is 5.10 Å². The topological polar surface area (TPSA) is 112 Å². The molecule has 0 radical (unpaired) electrons. The zero-order valence-corrected chi connectivity index (χ0v) is 21.8. The van der Waals surface area contributed by atoms with E-state index in [1.54, 1.807) is 43.1 Å². The van der Waals surface area contributed by atoms with E-state index >= 15 is 0 Å². The molecule has 3 N–H and O–H groups in total. The van der Waals surface area contributed by atoms with Crippen molar-refractivity contribution in [2.75, 3.05) is 5.32 Å². The van der Waals surface area contributed by atoms with Gasteiger partial charge in [0.25, 0.3) is 5.91 Å². The van der Waals surface area contributed by atoms with E-state index in [2.05, 4.69) is 35.5 Å². The minimum atomic E-state index is -0.288. The zero-order chi connectivity index (χ0) is 27.9. The summed E-state index contributed by atoms with van der Waals surface area (Å²) < 4.78 is 14.2. The van der Waals surface area contributed by atoms with Gasteiger partial charge in [-0.15, -0.1) is 0 Å². The highest BCUT2D eigenvalue weighted by molar-refractivity contribution is 6.04. The number of nitrogens with zero attached hydrogens (tertiary/aromatic N) is 4. The Kier molecular flexibility index (Phi) is 5.82. The molecule has 0 saturated carbocycles. The van der Waals surface area contributed by atoms with Crippen LogP contribution in [0.5, 0.6) is 0 Å². The number of rotatable bonds is 5. The summed E-state index contributed by atoms with van der Waals surface area (Å²) in [6, 6.07) is 19.7. The molecule has 1 amide bonds. The van der Waals surface area contributed by atoms with E-state index in [1.807, 2.05) is 49.4 Å². The molecule has 0 fully saturated rings. The van der Waals surface area contributed by atoms with Gasteiger partial charge in [0.1, 0.15) is 11.5 Å². The maximum Gasteiger partial charge on any atom is 0.255 e. The summed E-state index contributed by atoms with van der Waals surface area (Å²) >= 11 is 0. The van der Waals surface area contributed by atoms with Gasteiger partial charge >= 0.3 is 0 Å². The number of benzene rings is 2. The second-order valence-electron chi connectivity index (χ2n) is 9.82. The first kappa shape index (κ1) is 24.3. The number of aryl methyl sites for hydroxylation is 1. The van der Waals surface area contributed by atoms with Crippen LogP contribution in [0, 0.1) is 12.7 Å². The first-order valence-corrected chi connectivity index (χ1v) is 12.9. The maximum atomic E-state index is 14.2. The Morgan fingerprint density at radius 2 is 1.68 bits per heavy atom. The molecule has 7 aromatic rings. The Morgan fingerprint density at radius 1 is 0.829 bits per heavy atom. The average molecular weight is 540 g/mol. The van der Waals surface area contributed by atoms with Gasteiger partial charge in [-0.3, -0.25) is 24.8 Å². The Labute approximate surface area is 233 Å². The number of hydrogen-bond acceptors (Lipinski definition) is 5. The standard InChI is InChI=1S/C32H22FN7O/c1-18-7-20(9-22(33)8-18)26-15-35-16-29-24(26)11-28(38-29)31-25-12-27(36-17-30(25)39-40-31)21-10-23(14-34-13-21)37-32(41)19-5-3-2-4-6-19/h2-17,38H,1H3,(H,37,41)(H,39,40). The van der Waals surface area contributed by atoms with Crippen molar-refractivity contribution in [3.63, 3.8) is 0 Å². The van der Waals surface area contributed by atoms with E-state index in [4.69, 9.17) is 0 Å². The molecule has 7 rings (SSSR count). The Hall–Kier alpha value is -5.70. The second-order valence-corrected chi connectivity index (χ2v) is 9.82. The number of nitrogens with one attached hydrogen (secondary N) is 3. The van der Waals surface area contributed by atoms with Gasteiger partial charge in [0.2, 0.25) is 0 Å². The van der Waals surface area contributed by atoms with Crippen LogP contribution in [0.4, 0.5) is 10.1 Å². The van der Waals surface area contributed by atoms with Crippen LogP contribution in [0.2, 0.25) is 0 Å². The summed E-state index contributed by atoms with van der Waals surface area (Å²) in [5, 5.41) is 12.3. The molecule has 0 aliphatic rings. The molecular weight excluding hydrogens is 517 g/mol. The molecule has 198 valence electrons. The minimum absolute atomic E-state index is 0.217. The van der Waals surface area contributed by atoms with Gasteiger partial charge in [-0.25, -0.2) is 4.39 Å². The highest BCUT2D eigenvalue weighted by Gasteiger charge is 2.16. The molecule has 5 heterocycles. The number of aromatic nitrogens is 6. The third kappa shape index (κ3) is 4.59. The number of fused-ring (bicyclic) bond motifs is 2. The van der Waals surface area contributed by atoms with Crippen molar-refractivity contribution in [3.05, 3.63) is 115 Å². The number of aromatic amines is 2. The number of pyridine rings is 3. The third-order valence-electron chi connectivity index (χ3n) is 6.93. The normalized spacial score (nSPS) is 11.3. The van der Waals surface area contributed by atoms with Gasteiger partial charge in [0.05, 0.1) is 46.7 Å².